The predicted molar refractivity (Wildman–Crippen MR) is 94.2 cm³/mol. The van der Waals surface area contributed by atoms with Crippen molar-refractivity contribution in [2.75, 3.05) is 11.1 Å². The third kappa shape index (κ3) is 6.12. The van der Waals surface area contributed by atoms with Gasteiger partial charge < -0.3 is 5.32 Å². The van der Waals surface area contributed by atoms with Crippen LogP contribution in [0.3, 0.4) is 0 Å². The fraction of sp³-hybridized carbons (Fsp3) is 0.188. The van der Waals surface area contributed by atoms with Gasteiger partial charge in [0, 0.05) is 26.5 Å². The average Bonchev–Trinajstić information content (AvgIpc) is 2.45. The fourth-order valence-electron chi connectivity index (χ4n) is 1.74. The summed E-state index contributed by atoms with van der Waals surface area (Å²) < 4.78 is 0.957. The molecule has 0 saturated carbocycles. The minimum Gasteiger partial charge on any atom is -0.326 e. The van der Waals surface area contributed by atoms with Crippen LogP contribution < -0.4 is 5.32 Å². The van der Waals surface area contributed by atoms with Crippen LogP contribution in [-0.4, -0.2) is 11.7 Å². The maximum absolute atomic E-state index is 11.8. The number of carbonyl (C=O) groups is 1. The molecule has 0 aromatic heterocycles. The monoisotopic (exact) mass is 383 g/mol. The molecule has 110 valence electrons. The van der Waals surface area contributed by atoms with Crippen molar-refractivity contribution in [2.24, 2.45) is 0 Å². The largest absolute Gasteiger partial charge is 0.326 e. The van der Waals surface area contributed by atoms with E-state index in [-0.39, 0.29) is 5.91 Å². The van der Waals surface area contributed by atoms with Gasteiger partial charge in [-0.1, -0.05) is 33.6 Å². The molecule has 2 aromatic carbocycles. The van der Waals surface area contributed by atoms with Crippen molar-refractivity contribution < 1.29 is 4.79 Å². The zero-order valence-electron chi connectivity index (χ0n) is 11.3. The molecule has 0 aliphatic heterocycles. The number of rotatable bonds is 6. The van der Waals surface area contributed by atoms with Crippen LogP contribution in [0, 0.1) is 0 Å². The molecule has 21 heavy (non-hydrogen) atoms. The highest BCUT2D eigenvalue weighted by atomic mass is 79.9. The van der Waals surface area contributed by atoms with Gasteiger partial charge in [-0.05, 0) is 54.6 Å². The SMILES string of the molecule is O=C(CCCSc1ccc(Cl)cc1)Nc1cccc(Br)c1. The molecule has 0 atom stereocenters. The zero-order valence-corrected chi connectivity index (χ0v) is 14.5. The molecule has 0 spiro atoms. The van der Waals surface area contributed by atoms with Gasteiger partial charge in [-0.15, -0.1) is 11.8 Å². The molecule has 0 unspecified atom stereocenters. The second-order valence-electron chi connectivity index (χ2n) is 4.46. The standard InChI is InChI=1S/C16H15BrClNOS/c17-12-3-1-4-14(11-12)19-16(20)5-2-10-21-15-8-6-13(18)7-9-15/h1,3-4,6-9,11H,2,5,10H2,(H,19,20). The number of hydrogen-bond acceptors (Lipinski definition) is 2. The number of hydrogen-bond donors (Lipinski definition) is 1. The molecular formula is C16H15BrClNOS. The highest BCUT2D eigenvalue weighted by molar-refractivity contribution is 9.10. The minimum atomic E-state index is 0.0461. The molecule has 1 amide bonds. The first-order valence-electron chi connectivity index (χ1n) is 6.57. The van der Waals surface area contributed by atoms with E-state index < -0.39 is 0 Å². The van der Waals surface area contributed by atoms with Crippen LogP contribution in [0.1, 0.15) is 12.8 Å². The van der Waals surface area contributed by atoms with E-state index >= 15 is 0 Å². The van der Waals surface area contributed by atoms with Crippen molar-refractivity contribution in [3.05, 3.63) is 58.0 Å². The lowest BCUT2D eigenvalue weighted by Crippen LogP contribution is -2.11. The molecule has 0 aliphatic carbocycles. The van der Waals surface area contributed by atoms with Crippen LogP contribution in [-0.2, 0) is 4.79 Å². The van der Waals surface area contributed by atoms with Crippen molar-refractivity contribution in [3.8, 4) is 0 Å². The first-order valence-corrected chi connectivity index (χ1v) is 8.73. The highest BCUT2D eigenvalue weighted by Gasteiger charge is 2.03. The van der Waals surface area contributed by atoms with Crippen molar-refractivity contribution in [1.29, 1.82) is 0 Å². The number of benzene rings is 2. The molecule has 0 radical (unpaired) electrons. The summed E-state index contributed by atoms with van der Waals surface area (Å²) in [6.45, 7) is 0. The number of nitrogens with one attached hydrogen (secondary N) is 1. The third-order valence-corrected chi connectivity index (χ3v) is 4.58. The van der Waals surface area contributed by atoms with Gasteiger partial charge in [0.25, 0.3) is 0 Å². The lowest BCUT2D eigenvalue weighted by molar-refractivity contribution is -0.116. The van der Waals surface area contributed by atoms with Crippen LogP contribution in [0.2, 0.25) is 5.02 Å². The predicted octanol–water partition coefficient (Wildman–Crippen LogP) is 5.61. The van der Waals surface area contributed by atoms with Crippen molar-refractivity contribution in [2.45, 2.75) is 17.7 Å². The van der Waals surface area contributed by atoms with E-state index in [0.717, 1.165) is 27.4 Å². The maximum Gasteiger partial charge on any atom is 0.224 e. The zero-order chi connectivity index (χ0) is 15.1. The van der Waals surface area contributed by atoms with Crippen LogP contribution >= 0.6 is 39.3 Å². The van der Waals surface area contributed by atoms with Crippen LogP contribution in [0.4, 0.5) is 5.69 Å². The van der Waals surface area contributed by atoms with Gasteiger partial charge in [0.15, 0.2) is 0 Å². The van der Waals surface area contributed by atoms with Gasteiger partial charge in [-0.3, -0.25) is 4.79 Å². The van der Waals surface area contributed by atoms with E-state index in [1.54, 1.807) is 11.8 Å². The van der Waals surface area contributed by atoms with Gasteiger partial charge in [0.05, 0.1) is 0 Å². The Bertz CT molecular complexity index is 603. The van der Waals surface area contributed by atoms with Gasteiger partial charge >= 0.3 is 0 Å². The summed E-state index contributed by atoms with van der Waals surface area (Å²) in [5.74, 6) is 0.956. The maximum atomic E-state index is 11.8. The van der Waals surface area contributed by atoms with Gasteiger partial charge in [0.1, 0.15) is 0 Å². The summed E-state index contributed by atoms with van der Waals surface area (Å²) in [5, 5.41) is 3.64. The molecule has 0 saturated heterocycles. The van der Waals surface area contributed by atoms with Crippen molar-refractivity contribution >= 4 is 50.9 Å². The topological polar surface area (TPSA) is 29.1 Å². The molecule has 1 N–H and O–H groups in total. The van der Waals surface area contributed by atoms with E-state index in [4.69, 9.17) is 11.6 Å². The minimum absolute atomic E-state index is 0.0461. The van der Waals surface area contributed by atoms with E-state index in [1.165, 1.54) is 4.90 Å². The second-order valence-corrected chi connectivity index (χ2v) is 6.98. The Kier molecular flexibility index (Phi) is 6.61. The van der Waals surface area contributed by atoms with E-state index in [2.05, 4.69) is 21.2 Å². The Balaban J connectivity index is 1.68. The second kappa shape index (κ2) is 8.47. The number of anilines is 1. The summed E-state index contributed by atoms with van der Waals surface area (Å²) >= 11 is 11.0. The van der Waals surface area contributed by atoms with Crippen LogP contribution in [0.5, 0.6) is 0 Å². The summed E-state index contributed by atoms with van der Waals surface area (Å²) in [5.41, 5.74) is 0.819. The summed E-state index contributed by atoms with van der Waals surface area (Å²) in [6.07, 6.45) is 1.36. The van der Waals surface area contributed by atoms with Crippen LogP contribution in [0.15, 0.2) is 57.9 Å². The van der Waals surface area contributed by atoms with Gasteiger partial charge in [-0.25, -0.2) is 0 Å². The molecule has 2 aromatic rings. The fourth-order valence-corrected chi connectivity index (χ4v) is 3.12. The smallest absolute Gasteiger partial charge is 0.224 e. The Hall–Kier alpha value is -0.970. The number of amides is 1. The Morgan fingerprint density at radius 3 is 2.67 bits per heavy atom. The van der Waals surface area contributed by atoms with E-state index in [0.29, 0.717) is 6.42 Å². The van der Waals surface area contributed by atoms with Gasteiger partial charge in [-0.2, -0.15) is 0 Å². The summed E-state index contributed by atoms with van der Waals surface area (Å²) in [7, 11) is 0. The third-order valence-electron chi connectivity index (χ3n) is 2.74. The number of carbonyl (C=O) groups excluding carboxylic acids is 1. The quantitative estimate of drug-likeness (QED) is 0.518. The van der Waals surface area contributed by atoms with E-state index in [9.17, 15) is 4.79 Å². The Morgan fingerprint density at radius 2 is 1.95 bits per heavy atom. The average molecular weight is 385 g/mol. The molecule has 0 bridgehead atoms. The summed E-state index contributed by atoms with van der Waals surface area (Å²) in [6, 6.07) is 15.3. The first kappa shape index (κ1) is 16.4. The first-order chi connectivity index (χ1) is 10.1. The molecule has 0 heterocycles. The Labute approximate surface area is 142 Å². The molecule has 2 nitrogen and oxygen atoms in total. The molecule has 5 heteroatoms. The highest BCUT2D eigenvalue weighted by Crippen LogP contribution is 2.21. The van der Waals surface area contributed by atoms with Gasteiger partial charge in [0.2, 0.25) is 5.91 Å². The normalized spacial score (nSPS) is 10.4. The lowest BCUT2D eigenvalue weighted by atomic mass is 10.3. The van der Waals surface area contributed by atoms with Crippen molar-refractivity contribution in [1.82, 2.24) is 0 Å². The lowest BCUT2D eigenvalue weighted by Gasteiger charge is -2.05. The van der Waals surface area contributed by atoms with Crippen LogP contribution in [0.25, 0.3) is 0 Å². The molecule has 2 rings (SSSR count). The Morgan fingerprint density at radius 1 is 1.19 bits per heavy atom. The van der Waals surface area contributed by atoms with E-state index in [1.807, 2.05) is 48.5 Å². The summed E-state index contributed by atoms with van der Waals surface area (Å²) in [4.78, 5) is 13.0. The number of thioether (sulfide) groups is 1. The number of halogens is 2. The molecule has 0 aliphatic rings. The molecule has 0 fully saturated rings. The van der Waals surface area contributed by atoms with Crippen molar-refractivity contribution in [3.63, 3.8) is 0 Å². The molecular weight excluding hydrogens is 370 g/mol.